The molecule has 22 heavy (non-hydrogen) atoms. The van der Waals surface area contributed by atoms with E-state index in [-0.39, 0.29) is 17.6 Å². The molecule has 1 fully saturated rings. The Balaban J connectivity index is 1.90. The predicted molar refractivity (Wildman–Crippen MR) is 81.2 cm³/mol. The molecule has 1 aromatic rings. The highest BCUT2D eigenvalue weighted by Gasteiger charge is 2.24. The number of carbonyl (C=O) groups excluding carboxylic acids is 1. The number of sulfonamides is 1. The van der Waals surface area contributed by atoms with Crippen molar-refractivity contribution in [3.63, 3.8) is 0 Å². The number of amides is 1. The van der Waals surface area contributed by atoms with Crippen LogP contribution in [0.1, 0.15) is 19.8 Å². The van der Waals surface area contributed by atoms with Gasteiger partial charge in [0.2, 0.25) is 0 Å². The van der Waals surface area contributed by atoms with E-state index < -0.39 is 22.0 Å². The Morgan fingerprint density at radius 1 is 1.45 bits per heavy atom. The molecule has 1 aliphatic heterocycles. The lowest BCUT2D eigenvalue weighted by molar-refractivity contribution is -0.131. The molecule has 2 rings (SSSR count). The Kier molecular flexibility index (Phi) is 5.80. The van der Waals surface area contributed by atoms with Crippen molar-refractivity contribution in [3.8, 4) is 0 Å². The maximum atomic E-state index is 12.1. The van der Waals surface area contributed by atoms with Crippen molar-refractivity contribution < 1.29 is 22.7 Å². The van der Waals surface area contributed by atoms with Gasteiger partial charge in [-0.15, -0.1) is 0 Å². The highest BCUT2D eigenvalue weighted by molar-refractivity contribution is 7.90. The van der Waals surface area contributed by atoms with Crippen molar-refractivity contribution in [1.29, 1.82) is 0 Å². The standard InChI is InChI=1S/C14H18ClNO5S/c1-10(21-9-12-3-2-8-20-12)14(17)16-22(18,19)13-6-4-11(15)5-7-13/h4-7,10,12H,2-3,8-9H2,1H3,(H,16,17)/t10-,12+/m0/s1. The summed E-state index contributed by atoms with van der Waals surface area (Å²) in [5.41, 5.74) is 0. The molecule has 0 radical (unpaired) electrons. The summed E-state index contributed by atoms with van der Waals surface area (Å²) in [6.07, 6.45) is 0.950. The fraction of sp³-hybridized carbons (Fsp3) is 0.500. The van der Waals surface area contributed by atoms with Crippen LogP contribution in [0, 0.1) is 0 Å². The molecular formula is C14H18ClNO5S. The fourth-order valence-electron chi connectivity index (χ4n) is 1.99. The van der Waals surface area contributed by atoms with Gasteiger partial charge in [-0.25, -0.2) is 13.1 Å². The van der Waals surface area contributed by atoms with Gasteiger partial charge in [-0.3, -0.25) is 4.79 Å². The monoisotopic (exact) mass is 347 g/mol. The van der Waals surface area contributed by atoms with Gasteiger partial charge >= 0.3 is 0 Å². The van der Waals surface area contributed by atoms with E-state index in [0.29, 0.717) is 11.6 Å². The number of carbonyl (C=O) groups is 1. The molecular weight excluding hydrogens is 330 g/mol. The maximum absolute atomic E-state index is 12.1. The van der Waals surface area contributed by atoms with Crippen LogP contribution in [-0.2, 0) is 24.3 Å². The molecule has 0 bridgehead atoms. The van der Waals surface area contributed by atoms with Crippen LogP contribution in [0.25, 0.3) is 0 Å². The van der Waals surface area contributed by atoms with Crippen molar-refractivity contribution in [3.05, 3.63) is 29.3 Å². The molecule has 0 aliphatic carbocycles. The van der Waals surface area contributed by atoms with Crippen LogP contribution in [0.15, 0.2) is 29.2 Å². The second-order valence-corrected chi connectivity index (χ2v) is 7.15. The van der Waals surface area contributed by atoms with Gasteiger partial charge in [-0.1, -0.05) is 11.6 Å². The minimum absolute atomic E-state index is 0.0249. The average Bonchev–Trinajstić information content (AvgIpc) is 2.98. The van der Waals surface area contributed by atoms with Gasteiger partial charge in [-0.2, -0.15) is 0 Å². The van der Waals surface area contributed by atoms with Crippen LogP contribution in [0.2, 0.25) is 5.02 Å². The Labute approximate surface area is 134 Å². The molecule has 0 saturated carbocycles. The lowest BCUT2D eigenvalue weighted by Crippen LogP contribution is -2.39. The van der Waals surface area contributed by atoms with E-state index in [2.05, 4.69) is 0 Å². The lowest BCUT2D eigenvalue weighted by atomic mass is 10.2. The Bertz CT molecular complexity index is 611. The first kappa shape index (κ1) is 17.2. The summed E-state index contributed by atoms with van der Waals surface area (Å²) < 4.78 is 36.9. The molecule has 1 amide bonds. The number of ether oxygens (including phenoxy) is 2. The Hall–Kier alpha value is -1.15. The van der Waals surface area contributed by atoms with Crippen molar-refractivity contribution >= 4 is 27.5 Å². The lowest BCUT2D eigenvalue weighted by Gasteiger charge is -2.16. The minimum Gasteiger partial charge on any atom is -0.376 e. The smallest absolute Gasteiger partial charge is 0.264 e. The number of benzene rings is 1. The molecule has 6 nitrogen and oxygen atoms in total. The van der Waals surface area contributed by atoms with Gasteiger partial charge in [-0.05, 0) is 44.0 Å². The summed E-state index contributed by atoms with van der Waals surface area (Å²) in [6.45, 7) is 2.47. The quantitative estimate of drug-likeness (QED) is 0.847. The number of nitrogens with one attached hydrogen (secondary N) is 1. The molecule has 0 spiro atoms. The third-order valence-corrected chi connectivity index (χ3v) is 4.90. The van der Waals surface area contributed by atoms with Gasteiger partial charge in [0, 0.05) is 11.6 Å². The van der Waals surface area contributed by atoms with Crippen LogP contribution in [0.4, 0.5) is 0 Å². The number of hydrogen-bond donors (Lipinski definition) is 1. The number of rotatable bonds is 6. The number of halogens is 1. The van der Waals surface area contributed by atoms with Gasteiger partial charge in [0.15, 0.2) is 0 Å². The van der Waals surface area contributed by atoms with Gasteiger partial charge in [0.1, 0.15) is 6.10 Å². The zero-order valence-corrected chi connectivity index (χ0v) is 13.7. The summed E-state index contributed by atoms with van der Waals surface area (Å²) in [5, 5.41) is 0.415. The maximum Gasteiger partial charge on any atom is 0.264 e. The highest BCUT2D eigenvalue weighted by atomic mass is 35.5. The molecule has 1 heterocycles. The Morgan fingerprint density at radius 3 is 2.73 bits per heavy atom. The first-order valence-corrected chi connectivity index (χ1v) is 8.80. The Morgan fingerprint density at radius 2 is 2.14 bits per heavy atom. The molecule has 2 atom stereocenters. The van der Waals surface area contributed by atoms with E-state index in [9.17, 15) is 13.2 Å². The number of hydrogen-bond acceptors (Lipinski definition) is 5. The van der Waals surface area contributed by atoms with E-state index >= 15 is 0 Å². The summed E-state index contributed by atoms with van der Waals surface area (Å²) in [7, 11) is -3.93. The first-order valence-electron chi connectivity index (χ1n) is 6.94. The minimum atomic E-state index is -3.93. The molecule has 1 N–H and O–H groups in total. The first-order chi connectivity index (χ1) is 10.4. The molecule has 0 unspecified atom stereocenters. The highest BCUT2D eigenvalue weighted by Crippen LogP contribution is 2.15. The second-order valence-electron chi connectivity index (χ2n) is 5.03. The van der Waals surface area contributed by atoms with Crippen molar-refractivity contribution in [2.45, 2.75) is 36.9 Å². The average molecular weight is 348 g/mol. The van der Waals surface area contributed by atoms with E-state index in [0.717, 1.165) is 12.8 Å². The van der Waals surface area contributed by atoms with Gasteiger partial charge in [0.05, 0.1) is 17.6 Å². The van der Waals surface area contributed by atoms with E-state index in [1.807, 2.05) is 4.72 Å². The zero-order valence-electron chi connectivity index (χ0n) is 12.1. The second kappa shape index (κ2) is 7.41. The summed E-state index contributed by atoms with van der Waals surface area (Å²) in [5.74, 6) is -0.715. The third-order valence-electron chi connectivity index (χ3n) is 3.28. The summed E-state index contributed by atoms with van der Waals surface area (Å²) >= 11 is 5.71. The SMILES string of the molecule is C[C@H](OC[C@H]1CCCO1)C(=O)NS(=O)(=O)c1ccc(Cl)cc1. The normalized spacial score (nSPS) is 19.8. The molecule has 1 saturated heterocycles. The van der Waals surface area contributed by atoms with Crippen LogP contribution in [0.3, 0.4) is 0 Å². The van der Waals surface area contributed by atoms with Crippen LogP contribution < -0.4 is 4.72 Å². The van der Waals surface area contributed by atoms with Crippen molar-refractivity contribution in [2.24, 2.45) is 0 Å². The van der Waals surface area contributed by atoms with Crippen molar-refractivity contribution in [1.82, 2.24) is 4.72 Å². The third kappa shape index (κ3) is 4.67. The van der Waals surface area contributed by atoms with Gasteiger partial charge < -0.3 is 9.47 Å². The van der Waals surface area contributed by atoms with Crippen LogP contribution in [0.5, 0.6) is 0 Å². The largest absolute Gasteiger partial charge is 0.376 e. The summed E-state index contributed by atoms with van der Waals surface area (Å²) in [4.78, 5) is 11.9. The molecule has 8 heteroatoms. The molecule has 1 aromatic carbocycles. The van der Waals surface area contributed by atoms with Crippen LogP contribution in [-0.4, -0.2) is 39.7 Å². The van der Waals surface area contributed by atoms with Gasteiger partial charge in [0.25, 0.3) is 15.9 Å². The molecule has 1 aliphatic rings. The zero-order chi connectivity index (χ0) is 16.2. The fourth-order valence-corrected chi connectivity index (χ4v) is 3.16. The van der Waals surface area contributed by atoms with Crippen LogP contribution >= 0.6 is 11.6 Å². The topological polar surface area (TPSA) is 81.7 Å². The van der Waals surface area contributed by atoms with Crippen molar-refractivity contribution in [2.75, 3.05) is 13.2 Å². The predicted octanol–water partition coefficient (Wildman–Crippen LogP) is 1.73. The van der Waals surface area contributed by atoms with E-state index in [1.54, 1.807) is 0 Å². The summed E-state index contributed by atoms with van der Waals surface area (Å²) in [6, 6.07) is 5.54. The van der Waals surface area contributed by atoms with E-state index in [4.69, 9.17) is 21.1 Å². The molecule has 0 aromatic heterocycles. The van der Waals surface area contributed by atoms with E-state index in [1.165, 1.54) is 31.2 Å². The molecule has 122 valence electrons.